The van der Waals surface area contributed by atoms with Crippen LogP contribution >= 0.6 is 0 Å². The first-order valence-corrected chi connectivity index (χ1v) is 8.37. The molecule has 0 spiro atoms. The van der Waals surface area contributed by atoms with E-state index in [0.717, 1.165) is 37.6 Å². The molecule has 0 saturated carbocycles. The molecule has 3 rings (SSSR count). The SMILES string of the molecule is CN1CCN(c2ccc(CNc3cc(C#N)ccc3[N+](=O)[O-])cn2)CC1. The van der Waals surface area contributed by atoms with Crippen LogP contribution in [0.4, 0.5) is 17.2 Å². The summed E-state index contributed by atoms with van der Waals surface area (Å²) in [4.78, 5) is 19.7. The van der Waals surface area contributed by atoms with Crippen LogP contribution < -0.4 is 10.2 Å². The van der Waals surface area contributed by atoms with E-state index in [-0.39, 0.29) is 5.69 Å². The summed E-state index contributed by atoms with van der Waals surface area (Å²) in [6.45, 7) is 4.34. The highest BCUT2D eigenvalue weighted by Gasteiger charge is 2.16. The molecule has 0 unspecified atom stereocenters. The van der Waals surface area contributed by atoms with Gasteiger partial charge in [-0.1, -0.05) is 6.07 Å². The van der Waals surface area contributed by atoms with Crippen molar-refractivity contribution >= 4 is 17.2 Å². The number of nitrogens with zero attached hydrogens (tertiary/aromatic N) is 5. The van der Waals surface area contributed by atoms with Crippen LogP contribution in [-0.2, 0) is 6.54 Å². The first-order valence-electron chi connectivity index (χ1n) is 8.37. The summed E-state index contributed by atoms with van der Waals surface area (Å²) in [5, 5.41) is 23.2. The van der Waals surface area contributed by atoms with Gasteiger partial charge in [-0.25, -0.2) is 4.98 Å². The molecule has 0 amide bonds. The quantitative estimate of drug-likeness (QED) is 0.651. The molecule has 2 aromatic rings. The molecule has 0 radical (unpaired) electrons. The number of aromatic nitrogens is 1. The summed E-state index contributed by atoms with van der Waals surface area (Å²) < 4.78 is 0. The zero-order valence-electron chi connectivity index (χ0n) is 14.6. The van der Waals surface area contributed by atoms with Gasteiger partial charge < -0.3 is 15.1 Å². The third-order valence-electron chi connectivity index (χ3n) is 4.44. The third-order valence-corrected chi connectivity index (χ3v) is 4.44. The van der Waals surface area contributed by atoms with Crippen LogP contribution in [-0.4, -0.2) is 48.0 Å². The third kappa shape index (κ3) is 4.07. The summed E-state index contributed by atoms with van der Waals surface area (Å²) in [6, 6.07) is 10.2. The van der Waals surface area contributed by atoms with Gasteiger partial charge in [-0.15, -0.1) is 0 Å². The van der Waals surface area contributed by atoms with E-state index in [1.807, 2.05) is 18.2 Å². The molecule has 1 aromatic heterocycles. The highest BCUT2D eigenvalue weighted by Crippen LogP contribution is 2.26. The Morgan fingerprint density at radius 3 is 2.65 bits per heavy atom. The van der Waals surface area contributed by atoms with E-state index in [1.54, 1.807) is 6.20 Å². The number of benzene rings is 1. The second kappa shape index (κ2) is 7.80. The zero-order valence-corrected chi connectivity index (χ0v) is 14.6. The van der Waals surface area contributed by atoms with Gasteiger partial charge in [0, 0.05) is 45.0 Å². The highest BCUT2D eigenvalue weighted by molar-refractivity contribution is 5.64. The zero-order chi connectivity index (χ0) is 18.5. The normalized spacial score (nSPS) is 14.7. The minimum Gasteiger partial charge on any atom is -0.375 e. The predicted molar refractivity (Wildman–Crippen MR) is 99.1 cm³/mol. The van der Waals surface area contributed by atoms with Crippen molar-refractivity contribution in [1.82, 2.24) is 9.88 Å². The van der Waals surface area contributed by atoms with Gasteiger partial charge >= 0.3 is 0 Å². The molecule has 2 heterocycles. The highest BCUT2D eigenvalue weighted by atomic mass is 16.6. The summed E-state index contributed by atoms with van der Waals surface area (Å²) in [7, 11) is 2.11. The number of rotatable bonds is 5. The monoisotopic (exact) mass is 352 g/mol. The molecule has 134 valence electrons. The van der Waals surface area contributed by atoms with Crippen molar-refractivity contribution in [1.29, 1.82) is 5.26 Å². The molecule has 1 saturated heterocycles. The van der Waals surface area contributed by atoms with Crippen molar-refractivity contribution in [2.75, 3.05) is 43.4 Å². The van der Waals surface area contributed by atoms with Gasteiger partial charge in [-0.05, 0) is 30.8 Å². The Labute approximate surface area is 151 Å². The molecule has 0 bridgehead atoms. The van der Waals surface area contributed by atoms with Crippen LogP contribution in [0.25, 0.3) is 0 Å². The van der Waals surface area contributed by atoms with Crippen molar-refractivity contribution in [3.63, 3.8) is 0 Å². The molecule has 8 nitrogen and oxygen atoms in total. The predicted octanol–water partition coefficient (Wildman–Crippen LogP) is 2.23. The Hall–Kier alpha value is -3.18. The standard InChI is InChI=1S/C18H20N6O2/c1-22-6-8-23(9-7-22)18-5-3-15(13-21-18)12-20-16-10-14(11-19)2-4-17(16)24(25)26/h2-5,10,13,20H,6-9,12H2,1H3. The van der Waals surface area contributed by atoms with Crippen LogP contribution in [0, 0.1) is 21.4 Å². The van der Waals surface area contributed by atoms with Crippen molar-refractivity contribution in [3.05, 3.63) is 57.8 Å². The maximum atomic E-state index is 11.1. The van der Waals surface area contributed by atoms with E-state index in [1.165, 1.54) is 18.2 Å². The van der Waals surface area contributed by atoms with E-state index in [9.17, 15) is 10.1 Å². The Bertz CT molecular complexity index is 823. The molecule has 0 aliphatic carbocycles. The number of hydrogen-bond donors (Lipinski definition) is 1. The second-order valence-electron chi connectivity index (χ2n) is 6.27. The Kier molecular flexibility index (Phi) is 5.29. The lowest BCUT2D eigenvalue weighted by Crippen LogP contribution is -2.44. The number of hydrogen-bond acceptors (Lipinski definition) is 7. The van der Waals surface area contributed by atoms with Crippen molar-refractivity contribution in [3.8, 4) is 6.07 Å². The van der Waals surface area contributed by atoms with E-state index in [2.05, 4.69) is 27.1 Å². The second-order valence-corrected chi connectivity index (χ2v) is 6.27. The average molecular weight is 352 g/mol. The summed E-state index contributed by atoms with van der Waals surface area (Å²) >= 11 is 0. The van der Waals surface area contributed by atoms with Gasteiger partial charge in [0.05, 0.1) is 16.6 Å². The van der Waals surface area contributed by atoms with Crippen LogP contribution in [0.3, 0.4) is 0 Å². The minimum absolute atomic E-state index is 0.0500. The summed E-state index contributed by atoms with van der Waals surface area (Å²) in [6.07, 6.45) is 1.78. The fourth-order valence-corrected chi connectivity index (χ4v) is 2.85. The van der Waals surface area contributed by atoms with Crippen LogP contribution in [0.2, 0.25) is 0 Å². The van der Waals surface area contributed by atoms with Gasteiger partial charge in [0.15, 0.2) is 0 Å². The number of nitriles is 1. The van der Waals surface area contributed by atoms with Crippen LogP contribution in [0.15, 0.2) is 36.5 Å². The van der Waals surface area contributed by atoms with Crippen LogP contribution in [0.1, 0.15) is 11.1 Å². The molecular formula is C18H20N6O2. The first-order chi connectivity index (χ1) is 12.6. The lowest BCUT2D eigenvalue weighted by molar-refractivity contribution is -0.384. The molecular weight excluding hydrogens is 332 g/mol. The lowest BCUT2D eigenvalue weighted by Gasteiger charge is -2.33. The largest absolute Gasteiger partial charge is 0.375 e. The van der Waals surface area contributed by atoms with Crippen LogP contribution in [0.5, 0.6) is 0 Å². The Morgan fingerprint density at radius 2 is 2.04 bits per heavy atom. The van der Waals surface area contributed by atoms with Gasteiger partial charge in [0.2, 0.25) is 0 Å². The number of nitro benzene ring substituents is 1. The van der Waals surface area contributed by atoms with Gasteiger partial charge in [0.1, 0.15) is 11.5 Å². The molecule has 1 aromatic carbocycles. The van der Waals surface area contributed by atoms with Gasteiger partial charge in [0.25, 0.3) is 5.69 Å². The van der Waals surface area contributed by atoms with Gasteiger partial charge in [-0.2, -0.15) is 5.26 Å². The van der Waals surface area contributed by atoms with Crippen molar-refractivity contribution < 1.29 is 4.92 Å². The topological polar surface area (TPSA) is 98.3 Å². The molecule has 8 heteroatoms. The summed E-state index contributed by atoms with van der Waals surface area (Å²) in [5.74, 6) is 0.944. The number of pyridine rings is 1. The van der Waals surface area contributed by atoms with E-state index >= 15 is 0 Å². The smallest absolute Gasteiger partial charge is 0.292 e. The fraction of sp³-hybridized carbons (Fsp3) is 0.333. The Morgan fingerprint density at radius 1 is 1.27 bits per heavy atom. The van der Waals surface area contributed by atoms with Crippen molar-refractivity contribution in [2.45, 2.75) is 6.54 Å². The molecule has 1 aliphatic rings. The molecule has 26 heavy (non-hydrogen) atoms. The number of nitro groups is 1. The average Bonchev–Trinajstić information content (AvgIpc) is 2.67. The van der Waals surface area contributed by atoms with E-state index in [4.69, 9.17) is 5.26 Å². The van der Waals surface area contributed by atoms with Crippen molar-refractivity contribution in [2.24, 2.45) is 0 Å². The molecule has 1 fully saturated rings. The maximum Gasteiger partial charge on any atom is 0.292 e. The fourth-order valence-electron chi connectivity index (χ4n) is 2.85. The molecule has 1 N–H and O–H groups in total. The van der Waals surface area contributed by atoms with E-state index in [0.29, 0.717) is 17.8 Å². The maximum absolute atomic E-state index is 11.1. The number of anilines is 2. The molecule has 0 atom stereocenters. The number of likely N-dealkylation sites (N-methyl/N-ethyl adjacent to an activating group) is 1. The number of piperazine rings is 1. The lowest BCUT2D eigenvalue weighted by atomic mass is 10.1. The Balaban J connectivity index is 1.67. The van der Waals surface area contributed by atoms with Gasteiger partial charge in [-0.3, -0.25) is 10.1 Å². The molecule has 1 aliphatic heterocycles. The summed E-state index contributed by atoms with van der Waals surface area (Å²) in [5.41, 5.74) is 1.57. The van der Waals surface area contributed by atoms with E-state index < -0.39 is 4.92 Å². The minimum atomic E-state index is -0.460. The first kappa shape index (κ1) is 17.6. The number of nitrogens with one attached hydrogen (secondary N) is 1.